The number of nitrogens with one attached hydrogen (secondary N) is 1. The van der Waals surface area contributed by atoms with E-state index >= 15 is 0 Å². The van der Waals surface area contributed by atoms with Gasteiger partial charge in [-0.05, 0) is 32.9 Å². The first-order chi connectivity index (χ1) is 15.2. The Morgan fingerprint density at radius 2 is 1.71 bits per heavy atom. The molecule has 1 aliphatic rings. The third kappa shape index (κ3) is 6.04. The summed E-state index contributed by atoms with van der Waals surface area (Å²) >= 11 is 0. The van der Waals surface area contributed by atoms with Gasteiger partial charge in [0, 0.05) is 37.5 Å². The number of ether oxygens (including phenoxy) is 3. The van der Waals surface area contributed by atoms with Crippen molar-refractivity contribution in [2.24, 2.45) is 0 Å². The second kappa shape index (κ2) is 11.5. The number of morpholine rings is 1. The van der Waals surface area contributed by atoms with E-state index in [-0.39, 0.29) is 12.5 Å². The molecule has 0 aromatic heterocycles. The fraction of sp³-hybridized carbons (Fsp3) is 0.458. The van der Waals surface area contributed by atoms with Crippen LogP contribution in [0, 0.1) is 0 Å². The zero-order valence-corrected chi connectivity index (χ0v) is 18.7. The van der Waals surface area contributed by atoms with Gasteiger partial charge in [0.05, 0.1) is 44.3 Å². The fourth-order valence-electron chi connectivity index (χ4n) is 3.63. The zero-order valence-electron chi connectivity index (χ0n) is 18.7. The van der Waals surface area contributed by atoms with E-state index < -0.39 is 0 Å². The van der Waals surface area contributed by atoms with E-state index in [9.17, 15) is 4.79 Å². The normalized spacial score (nSPS) is 13.6. The Hall–Kier alpha value is -2.93. The van der Waals surface area contributed by atoms with Crippen LogP contribution in [0.1, 0.15) is 20.8 Å². The highest BCUT2D eigenvalue weighted by molar-refractivity contribution is 5.96. The van der Waals surface area contributed by atoms with Gasteiger partial charge in [-0.25, -0.2) is 0 Å². The van der Waals surface area contributed by atoms with Crippen LogP contribution in [0.25, 0.3) is 0 Å². The summed E-state index contributed by atoms with van der Waals surface area (Å²) in [5.74, 6) is 1.27. The SMILES string of the molecule is CCOc1cc(N2CCOCC2)c(OCC)cc1NC(=O)CN(CC)c1ccccc1. The first kappa shape index (κ1) is 22.7. The molecule has 7 nitrogen and oxygen atoms in total. The van der Waals surface area contributed by atoms with Gasteiger partial charge in [-0.1, -0.05) is 18.2 Å². The largest absolute Gasteiger partial charge is 0.492 e. The molecule has 0 spiro atoms. The molecule has 0 bridgehead atoms. The molecule has 168 valence electrons. The number of carbonyl (C=O) groups excluding carboxylic acids is 1. The molecule has 1 heterocycles. The van der Waals surface area contributed by atoms with Crippen LogP contribution >= 0.6 is 0 Å². The second-order valence-corrected chi connectivity index (χ2v) is 7.18. The Kier molecular flexibility index (Phi) is 8.41. The molecule has 1 aliphatic heterocycles. The Morgan fingerprint density at radius 1 is 1.03 bits per heavy atom. The van der Waals surface area contributed by atoms with Crippen LogP contribution in [0.3, 0.4) is 0 Å². The Morgan fingerprint density at radius 3 is 2.35 bits per heavy atom. The van der Waals surface area contributed by atoms with Crippen molar-refractivity contribution in [2.45, 2.75) is 20.8 Å². The number of carbonyl (C=O) groups is 1. The van der Waals surface area contributed by atoms with Crippen LogP contribution in [0.4, 0.5) is 17.1 Å². The van der Waals surface area contributed by atoms with Crippen molar-refractivity contribution in [1.82, 2.24) is 0 Å². The van der Waals surface area contributed by atoms with Crippen molar-refractivity contribution in [3.05, 3.63) is 42.5 Å². The molecule has 3 rings (SSSR count). The Bertz CT molecular complexity index is 838. The summed E-state index contributed by atoms with van der Waals surface area (Å²) in [5, 5.41) is 3.03. The minimum atomic E-state index is -0.103. The summed E-state index contributed by atoms with van der Waals surface area (Å²) < 4.78 is 17.3. The smallest absolute Gasteiger partial charge is 0.243 e. The van der Waals surface area contributed by atoms with E-state index in [2.05, 4.69) is 10.2 Å². The lowest BCUT2D eigenvalue weighted by molar-refractivity contribution is -0.115. The van der Waals surface area contributed by atoms with E-state index in [4.69, 9.17) is 14.2 Å². The number of rotatable bonds is 10. The molecule has 0 aliphatic carbocycles. The molecule has 1 fully saturated rings. The lowest BCUT2D eigenvalue weighted by atomic mass is 10.2. The first-order valence-corrected chi connectivity index (χ1v) is 11.0. The number of anilines is 3. The summed E-state index contributed by atoms with van der Waals surface area (Å²) in [6.45, 7) is 10.9. The number of hydrogen-bond donors (Lipinski definition) is 1. The van der Waals surface area contributed by atoms with Crippen molar-refractivity contribution >= 4 is 23.0 Å². The summed E-state index contributed by atoms with van der Waals surface area (Å²) in [6.07, 6.45) is 0. The molecule has 2 aromatic rings. The third-order valence-electron chi connectivity index (χ3n) is 5.12. The molecule has 1 amide bonds. The van der Waals surface area contributed by atoms with Gasteiger partial charge in [0.25, 0.3) is 0 Å². The molecule has 1 saturated heterocycles. The minimum absolute atomic E-state index is 0.103. The summed E-state index contributed by atoms with van der Waals surface area (Å²) in [5.41, 5.74) is 2.60. The summed E-state index contributed by atoms with van der Waals surface area (Å²) in [4.78, 5) is 17.2. The van der Waals surface area contributed by atoms with Gasteiger partial charge in [-0.2, -0.15) is 0 Å². The van der Waals surface area contributed by atoms with Crippen LogP contribution < -0.4 is 24.6 Å². The van der Waals surface area contributed by atoms with Crippen molar-refractivity contribution in [2.75, 3.05) is 67.7 Å². The predicted octanol–water partition coefficient (Wildman–Crippen LogP) is 3.79. The molecule has 1 N–H and O–H groups in total. The van der Waals surface area contributed by atoms with Crippen LogP contribution in [0.2, 0.25) is 0 Å². The minimum Gasteiger partial charge on any atom is -0.492 e. The van der Waals surface area contributed by atoms with Crippen molar-refractivity contribution in [3.63, 3.8) is 0 Å². The average molecular weight is 428 g/mol. The monoisotopic (exact) mass is 427 g/mol. The zero-order chi connectivity index (χ0) is 22.1. The number of amides is 1. The molecule has 31 heavy (non-hydrogen) atoms. The van der Waals surface area contributed by atoms with Gasteiger partial charge in [-0.3, -0.25) is 4.79 Å². The highest BCUT2D eigenvalue weighted by atomic mass is 16.5. The molecular weight excluding hydrogens is 394 g/mol. The molecule has 7 heteroatoms. The standard InChI is InChI=1S/C24H33N3O4/c1-4-26(19-10-8-7-9-11-19)18-24(28)25-20-16-23(31-6-3)21(17-22(20)30-5-2)27-12-14-29-15-13-27/h7-11,16-17H,4-6,12-15,18H2,1-3H3,(H,25,28). The van der Waals surface area contributed by atoms with E-state index in [0.717, 1.165) is 36.8 Å². The van der Waals surface area contributed by atoms with Crippen molar-refractivity contribution in [3.8, 4) is 11.5 Å². The highest BCUT2D eigenvalue weighted by Gasteiger charge is 2.21. The topological polar surface area (TPSA) is 63.3 Å². The maximum absolute atomic E-state index is 12.9. The second-order valence-electron chi connectivity index (χ2n) is 7.18. The highest BCUT2D eigenvalue weighted by Crippen LogP contribution is 2.39. The molecule has 0 atom stereocenters. The van der Waals surface area contributed by atoms with E-state index in [1.807, 2.05) is 68.1 Å². The quantitative estimate of drug-likeness (QED) is 0.623. The van der Waals surface area contributed by atoms with Crippen molar-refractivity contribution in [1.29, 1.82) is 0 Å². The fourth-order valence-corrected chi connectivity index (χ4v) is 3.63. The molecule has 0 unspecified atom stereocenters. The van der Waals surface area contributed by atoms with Gasteiger partial charge >= 0.3 is 0 Å². The number of hydrogen-bond acceptors (Lipinski definition) is 6. The number of nitrogens with zero attached hydrogens (tertiary/aromatic N) is 2. The maximum atomic E-state index is 12.9. The lowest BCUT2D eigenvalue weighted by Gasteiger charge is -2.31. The maximum Gasteiger partial charge on any atom is 0.243 e. The van der Waals surface area contributed by atoms with Gasteiger partial charge in [0.2, 0.25) is 5.91 Å². The first-order valence-electron chi connectivity index (χ1n) is 11.0. The number of para-hydroxylation sites is 1. The van der Waals surface area contributed by atoms with Crippen LogP contribution in [0.15, 0.2) is 42.5 Å². The lowest BCUT2D eigenvalue weighted by Crippen LogP contribution is -2.36. The molecule has 0 radical (unpaired) electrons. The van der Waals surface area contributed by atoms with E-state index in [0.29, 0.717) is 37.9 Å². The van der Waals surface area contributed by atoms with E-state index in [1.165, 1.54) is 0 Å². The van der Waals surface area contributed by atoms with Gasteiger partial charge in [0.15, 0.2) is 0 Å². The number of benzene rings is 2. The van der Waals surface area contributed by atoms with Crippen LogP contribution in [0.5, 0.6) is 11.5 Å². The Balaban J connectivity index is 1.82. The number of likely N-dealkylation sites (N-methyl/N-ethyl adjacent to an activating group) is 1. The van der Waals surface area contributed by atoms with Crippen LogP contribution in [-0.4, -0.2) is 58.5 Å². The predicted molar refractivity (Wildman–Crippen MR) is 125 cm³/mol. The van der Waals surface area contributed by atoms with Gasteiger partial charge in [0.1, 0.15) is 11.5 Å². The van der Waals surface area contributed by atoms with Crippen molar-refractivity contribution < 1.29 is 19.0 Å². The summed E-state index contributed by atoms with van der Waals surface area (Å²) in [7, 11) is 0. The molecular formula is C24H33N3O4. The average Bonchev–Trinajstić information content (AvgIpc) is 2.80. The molecule has 2 aromatic carbocycles. The van der Waals surface area contributed by atoms with E-state index in [1.54, 1.807) is 0 Å². The molecule has 0 saturated carbocycles. The van der Waals surface area contributed by atoms with Crippen LogP contribution in [-0.2, 0) is 9.53 Å². The Labute approximate surface area is 184 Å². The van der Waals surface area contributed by atoms with Gasteiger partial charge in [-0.15, -0.1) is 0 Å². The summed E-state index contributed by atoms with van der Waals surface area (Å²) in [6, 6.07) is 13.8. The van der Waals surface area contributed by atoms with Gasteiger partial charge < -0.3 is 29.3 Å². The third-order valence-corrected chi connectivity index (χ3v) is 5.12.